The summed E-state index contributed by atoms with van der Waals surface area (Å²) in [4.78, 5) is 28.1. The van der Waals surface area contributed by atoms with Gasteiger partial charge in [-0.15, -0.1) is 0 Å². The Morgan fingerprint density at radius 2 is 1.90 bits per heavy atom. The number of urea groups is 1. The Balaban J connectivity index is 1.34. The molecule has 5 rings (SSSR count). The van der Waals surface area contributed by atoms with E-state index in [1.807, 2.05) is 12.1 Å². The average molecular weight is 396 g/mol. The largest absolute Gasteiger partial charge is 0.343 e. The van der Waals surface area contributed by atoms with Crippen LogP contribution in [0, 0.1) is 5.92 Å². The Hall–Kier alpha value is -2.38. The van der Waals surface area contributed by atoms with Crippen LogP contribution in [0.3, 0.4) is 0 Å². The van der Waals surface area contributed by atoms with E-state index in [4.69, 9.17) is 0 Å². The van der Waals surface area contributed by atoms with Crippen LogP contribution in [0.15, 0.2) is 30.5 Å². The van der Waals surface area contributed by atoms with E-state index in [1.54, 1.807) is 4.90 Å². The third-order valence-electron chi connectivity index (χ3n) is 6.70. The molecule has 0 bridgehead atoms. The van der Waals surface area contributed by atoms with Crippen LogP contribution < -0.4 is 15.5 Å². The third-order valence-corrected chi connectivity index (χ3v) is 6.70. The first kappa shape index (κ1) is 18.6. The van der Waals surface area contributed by atoms with E-state index in [0.717, 1.165) is 49.6 Å². The number of hydrogen-bond donors (Lipinski definition) is 2. The molecule has 1 aromatic carbocycles. The van der Waals surface area contributed by atoms with Crippen LogP contribution in [0.4, 0.5) is 10.5 Å². The molecule has 0 spiro atoms. The number of benzene rings is 1. The van der Waals surface area contributed by atoms with E-state index >= 15 is 0 Å². The van der Waals surface area contributed by atoms with Gasteiger partial charge in [0.15, 0.2) is 0 Å². The van der Waals surface area contributed by atoms with Crippen LogP contribution in [0.1, 0.15) is 31.7 Å². The van der Waals surface area contributed by atoms with E-state index in [0.29, 0.717) is 19.0 Å². The fourth-order valence-electron chi connectivity index (χ4n) is 5.15. The molecule has 3 aliphatic rings. The van der Waals surface area contributed by atoms with Gasteiger partial charge in [-0.25, -0.2) is 4.79 Å². The maximum Gasteiger partial charge on any atom is 0.328 e. The van der Waals surface area contributed by atoms with Gasteiger partial charge in [-0.2, -0.15) is 0 Å². The molecule has 0 saturated carbocycles. The first-order valence-corrected chi connectivity index (χ1v) is 10.8. The summed E-state index contributed by atoms with van der Waals surface area (Å²) in [6, 6.07) is 8.39. The number of nitrogens with zero attached hydrogens (tertiary/aromatic N) is 3. The van der Waals surface area contributed by atoms with Crippen LogP contribution in [0.5, 0.6) is 0 Å². The molecule has 0 radical (unpaired) electrons. The van der Waals surface area contributed by atoms with Crippen molar-refractivity contribution in [2.45, 2.75) is 31.7 Å². The summed E-state index contributed by atoms with van der Waals surface area (Å²) in [5.74, 6) is 0.624. The minimum atomic E-state index is -0.324. The number of likely N-dealkylation sites (tertiary alicyclic amines) is 1. The average Bonchev–Trinajstić information content (AvgIpc) is 3.35. The van der Waals surface area contributed by atoms with Crippen molar-refractivity contribution in [2.75, 3.05) is 44.2 Å². The highest BCUT2D eigenvalue weighted by molar-refractivity contribution is 6.09. The van der Waals surface area contributed by atoms with E-state index in [-0.39, 0.29) is 11.9 Å². The first-order chi connectivity index (χ1) is 14.2. The van der Waals surface area contributed by atoms with Gasteiger partial charge in [-0.3, -0.25) is 15.0 Å². The molecule has 0 unspecified atom stereocenters. The van der Waals surface area contributed by atoms with Crippen molar-refractivity contribution < 1.29 is 9.59 Å². The normalized spacial score (nSPS) is 24.4. The molecule has 1 aromatic heterocycles. The second kappa shape index (κ2) is 7.80. The van der Waals surface area contributed by atoms with Gasteiger partial charge in [0, 0.05) is 50.2 Å². The number of carbonyl (C=O) groups is 2. The van der Waals surface area contributed by atoms with Crippen LogP contribution in [-0.4, -0.2) is 60.7 Å². The maximum atomic E-state index is 12.3. The Bertz CT molecular complexity index is 917. The Kier molecular flexibility index (Phi) is 5.01. The van der Waals surface area contributed by atoms with Crippen molar-refractivity contribution in [3.63, 3.8) is 0 Å². The van der Waals surface area contributed by atoms with Crippen LogP contribution in [0.25, 0.3) is 10.9 Å². The number of rotatable bonds is 4. The lowest BCUT2D eigenvalue weighted by molar-refractivity contribution is -0.120. The highest BCUT2D eigenvalue weighted by Crippen LogP contribution is 2.33. The quantitative estimate of drug-likeness (QED) is 0.834. The molecule has 3 fully saturated rings. The van der Waals surface area contributed by atoms with E-state index in [1.165, 1.54) is 24.9 Å². The number of hydrogen-bond acceptors (Lipinski definition) is 4. The molecular formula is C22H29N5O2. The fraction of sp³-hybridized carbons (Fsp3) is 0.545. The predicted molar refractivity (Wildman–Crippen MR) is 113 cm³/mol. The zero-order chi connectivity index (χ0) is 19.8. The summed E-state index contributed by atoms with van der Waals surface area (Å²) >= 11 is 0. The van der Waals surface area contributed by atoms with Crippen LogP contribution in [-0.2, 0) is 4.79 Å². The Morgan fingerprint density at radius 1 is 1.03 bits per heavy atom. The lowest BCUT2D eigenvalue weighted by atomic mass is 9.98. The smallest absolute Gasteiger partial charge is 0.328 e. The standard InChI is InChI=1S/C22H29N5O2/c28-21-8-13-27(22(29)24-21)20-3-1-2-19-18(20)7-12-26(19)17-6-11-25(15-17)14-16-4-9-23-10-5-16/h1-3,7,12,16-17,23H,4-6,8-11,13-15H2,(H,24,28,29)/t17-/m1/s1. The molecule has 4 heterocycles. The van der Waals surface area contributed by atoms with Gasteiger partial charge < -0.3 is 14.8 Å². The number of imide groups is 1. The van der Waals surface area contributed by atoms with Gasteiger partial charge in [0.2, 0.25) is 5.91 Å². The fourth-order valence-corrected chi connectivity index (χ4v) is 5.15. The van der Waals surface area contributed by atoms with Crippen molar-refractivity contribution in [2.24, 2.45) is 5.92 Å². The Morgan fingerprint density at radius 3 is 2.72 bits per heavy atom. The number of anilines is 1. The van der Waals surface area contributed by atoms with Crippen molar-refractivity contribution in [1.29, 1.82) is 0 Å². The topological polar surface area (TPSA) is 69.6 Å². The summed E-state index contributed by atoms with van der Waals surface area (Å²) in [6.45, 7) is 6.21. The van der Waals surface area contributed by atoms with Crippen molar-refractivity contribution >= 4 is 28.5 Å². The molecule has 1 atom stereocenters. The van der Waals surface area contributed by atoms with E-state index in [9.17, 15) is 9.59 Å². The molecule has 3 saturated heterocycles. The molecule has 2 N–H and O–H groups in total. The van der Waals surface area contributed by atoms with Gasteiger partial charge in [-0.1, -0.05) is 6.07 Å². The lowest BCUT2D eigenvalue weighted by Crippen LogP contribution is -2.49. The maximum absolute atomic E-state index is 12.3. The number of carbonyl (C=O) groups excluding carboxylic acids is 2. The van der Waals surface area contributed by atoms with Gasteiger partial charge in [0.25, 0.3) is 0 Å². The Labute approximate surface area is 171 Å². The summed E-state index contributed by atoms with van der Waals surface area (Å²) in [5.41, 5.74) is 2.05. The molecule has 7 nitrogen and oxygen atoms in total. The number of amides is 3. The second-order valence-corrected chi connectivity index (χ2v) is 8.58. The molecule has 29 heavy (non-hydrogen) atoms. The molecule has 7 heteroatoms. The molecule has 3 aliphatic heterocycles. The zero-order valence-corrected chi connectivity index (χ0v) is 16.8. The summed E-state index contributed by atoms with van der Waals surface area (Å²) in [7, 11) is 0. The van der Waals surface area contributed by atoms with Crippen molar-refractivity contribution in [3.8, 4) is 0 Å². The van der Waals surface area contributed by atoms with E-state index in [2.05, 4.69) is 38.4 Å². The highest BCUT2D eigenvalue weighted by atomic mass is 16.2. The number of fused-ring (bicyclic) bond motifs is 1. The van der Waals surface area contributed by atoms with Crippen LogP contribution >= 0.6 is 0 Å². The van der Waals surface area contributed by atoms with Crippen molar-refractivity contribution in [3.05, 3.63) is 30.5 Å². The van der Waals surface area contributed by atoms with E-state index < -0.39 is 0 Å². The minimum Gasteiger partial charge on any atom is -0.343 e. The molecule has 0 aliphatic carbocycles. The summed E-state index contributed by atoms with van der Waals surface area (Å²) in [5, 5.41) is 6.96. The van der Waals surface area contributed by atoms with Crippen molar-refractivity contribution in [1.82, 2.24) is 20.1 Å². The van der Waals surface area contributed by atoms with Crippen LogP contribution in [0.2, 0.25) is 0 Å². The number of aromatic nitrogens is 1. The predicted octanol–water partition coefficient (Wildman–Crippen LogP) is 2.33. The monoisotopic (exact) mass is 395 g/mol. The third kappa shape index (κ3) is 3.65. The summed E-state index contributed by atoms with van der Waals surface area (Å²) in [6.07, 6.45) is 6.25. The highest BCUT2D eigenvalue weighted by Gasteiger charge is 2.29. The second-order valence-electron chi connectivity index (χ2n) is 8.58. The number of nitrogens with one attached hydrogen (secondary N) is 2. The lowest BCUT2D eigenvalue weighted by Gasteiger charge is -2.28. The SMILES string of the molecule is O=C1CCN(c2cccc3c2ccn3[C@@H]2CCN(CC3CCNCC3)C2)C(=O)N1. The van der Waals surface area contributed by atoms with Gasteiger partial charge in [-0.05, 0) is 56.5 Å². The summed E-state index contributed by atoms with van der Waals surface area (Å²) < 4.78 is 2.38. The van der Waals surface area contributed by atoms with Gasteiger partial charge >= 0.3 is 6.03 Å². The van der Waals surface area contributed by atoms with Gasteiger partial charge in [0.05, 0.1) is 11.2 Å². The molecule has 3 amide bonds. The van der Waals surface area contributed by atoms with Gasteiger partial charge in [0.1, 0.15) is 0 Å². The molecule has 2 aromatic rings. The molecule has 154 valence electrons. The first-order valence-electron chi connectivity index (χ1n) is 10.8. The minimum absolute atomic E-state index is 0.198. The zero-order valence-electron chi connectivity index (χ0n) is 16.8. The molecular weight excluding hydrogens is 366 g/mol. The number of piperidine rings is 1.